The molecule has 3 N–H and O–H groups in total. The van der Waals surface area contributed by atoms with Crippen LogP contribution in [0.1, 0.15) is 23.7 Å². The van der Waals surface area contributed by atoms with Crippen LogP contribution in [0.25, 0.3) is 0 Å². The minimum absolute atomic E-state index is 0.282. The fourth-order valence-corrected chi connectivity index (χ4v) is 2.41. The van der Waals surface area contributed by atoms with E-state index in [1.165, 1.54) is 0 Å². The maximum Gasteiger partial charge on any atom is 0.239 e. The van der Waals surface area contributed by atoms with Crippen molar-refractivity contribution >= 4 is 5.95 Å². The van der Waals surface area contributed by atoms with Crippen LogP contribution in [0.15, 0.2) is 24.3 Å². The van der Waals surface area contributed by atoms with Crippen molar-refractivity contribution < 1.29 is 5.11 Å². The summed E-state index contributed by atoms with van der Waals surface area (Å²) in [6, 6.07) is 7.46. The number of rotatable bonds is 1. The Morgan fingerprint density at radius 2 is 2.18 bits per heavy atom. The first kappa shape index (κ1) is 10.1. The smallest absolute Gasteiger partial charge is 0.239 e. The Hall–Kier alpha value is -2.04. The number of aromatic nitrogens is 3. The summed E-state index contributed by atoms with van der Waals surface area (Å²) in [5, 5.41) is 14.0. The molecule has 0 bridgehead atoms. The Kier molecular flexibility index (Phi) is 2.24. The fourth-order valence-electron chi connectivity index (χ4n) is 2.41. The highest BCUT2D eigenvalue weighted by Crippen LogP contribution is 2.33. The quantitative estimate of drug-likeness (QED) is 0.774. The van der Waals surface area contributed by atoms with Gasteiger partial charge in [-0.2, -0.15) is 4.98 Å². The van der Waals surface area contributed by atoms with E-state index >= 15 is 0 Å². The molecule has 0 saturated heterocycles. The summed E-state index contributed by atoms with van der Waals surface area (Å²) in [4.78, 5) is 4.17. The predicted molar refractivity (Wildman–Crippen MR) is 63.6 cm³/mol. The molecule has 0 radical (unpaired) electrons. The van der Waals surface area contributed by atoms with E-state index in [9.17, 15) is 5.11 Å². The van der Waals surface area contributed by atoms with Crippen molar-refractivity contribution in [3.05, 3.63) is 35.7 Å². The van der Waals surface area contributed by atoms with Crippen LogP contribution in [0.3, 0.4) is 0 Å². The number of anilines is 1. The summed E-state index contributed by atoms with van der Waals surface area (Å²) in [5.74, 6) is 1.91. The Balaban J connectivity index is 1.91. The van der Waals surface area contributed by atoms with E-state index in [0.717, 1.165) is 30.8 Å². The highest BCUT2D eigenvalue weighted by Gasteiger charge is 2.23. The summed E-state index contributed by atoms with van der Waals surface area (Å²) < 4.78 is 1.84. The molecule has 2 heterocycles. The van der Waals surface area contributed by atoms with Crippen molar-refractivity contribution in [2.75, 3.05) is 5.73 Å². The summed E-state index contributed by atoms with van der Waals surface area (Å²) in [6.07, 6.45) is 1.82. The topological polar surface area (TPSA) is 77.0 Å². The van der Waals surface area contributed by atoms with Gasteiger partial charge in [0.1, 0.15) is 11.6 Å². The third-order valence-corrected chi connectivity index (χ3v) is 3.25. The molecule has 0 amide bonds. The Bertz CT molecular complexity index is 549. The van der Waals surface area contributed by atoms with Gasteiger partial charge in [0.2, 0.25) is 5.95 Å². The summed E-state index contributed by atoms with van der Waals surface area (Å²) in [7, 11) is 0. The second-order valence-electron chi connectivity index (χ2n) is 4.36. The number of nitrogens with zero attached hydrogens (tertiary/aromatic N) is 3. The molecule has 1 atom stereocenters. The van der Waals surface area contributed by atoms with Gasteiger partial charge in [-0.3, -0.25) is 0 Å². The SMILES string of the molecule is Nc1nc2n(n1)CC(c1ccccc1O)CC2. The average molecular weight is 230 g/mol. The lowest BCUT2D eigenvalue weighted by atomic mass is 9.91. The number of aryl methyl sites for hydroxylation is 1. The number of phenols is 1. The highest BCUT2D eigenvalue weighted by molar-refractivity contribution is 5.35. The van der Waals surface area contributed by atoms with Crippen molar-refractivity contribution in [2.24, 2.45) is 0 Å². The monoisotopic (exact) mass is 230 g/mol. The highest BCUT2D eigenvalue weighted by atomic mass is 16.3. The number of para-hydroxylation sites is 1. The molecular formula is C12H14N4O. The molecule has 1 aliphatic rings. The zero-order valence-corrected chi connectivity index (χ0v) is 9.37. The van der Waals surface area contributed by atoms with Crippen molar-refractivity contribution in [1.82, 2.24) is 14.8 Å². The molecular weight excluding hydrogens is 216 g/mol. The van der Waals surface area contributed by atoms with Crippen molar-refractivity contribution in [3.63, 3.8) is 0 Å². The summed E-state index contributed by atoms with van der Waals surface area (Å²) in [5.41, 5.74) is 6.56. The number of fused-ring (bicyclic) bond motifs is 1. The number of phenolic OH excluding ortho intramolecular Hbond substituents is 1. The number of aromatic hydroxyl groups is 1. The van der Waals surface area contributed by atoms with Gasteiger partial charge in [0.05, 0.1) is 6.54 Å². The maximum absolute atomic E-state index is 9.85. The number of benzene rings is 1. The molecule has 3 rings (SSSR count). The third-order valence-electron chi connectivity index (χ3n) is 3.25. The molecule has 1 unspecified atom stereocenters. The second kappa shape index (κ2) is 3.76. The summed E-state index contributed by atoms with van der Waals surface area (Å²) >= 11 is 0. The molecule has 1 aromatic carbocycles. The molecule has 0 spiro atoms. The average Bonchev–Trinajstić information content (AvgIpc) is 2.68. The van der Waals surface area contributed by atoms with Gasteiger partial charge in [0.15, 0.2) is 0 Å². The largest absolute Gasteiger partial charge is 0.508 e. The zero-order chi connectivity index (χ0) is 11.8. The maximum atomic E-state index is 9.85. The molecule has 1 aromatic heterocycles. The Labute approximate surface area is 98.9 Å². The number of hydrogen-bond acceptors (Lipinski definition) is 4. The summed E-state index contributed by atoms with van der Waals surface area (Å²) in [6.45, 7) is 0.733. The first-order valence-corrected chi connectivity index (χ1v) is 5.71. The number of nitrogens with two attached hydrogens (primary N) is 1. The lowest BCUT2D eigenvalue weighted by Crippen LogP contribution is -2.20. The van der Waals surface area contributed by atoms with Gasteiger partial charge in [-0.1, -0.05) is 18.2 Å². The van der Waals surface area contributed by atoms with Gasteiger partial charge in [-0.05, 0) is 18.1 Å². The normalized spacial score (nSPS) is 18.9. The van der Waals surface area contributed by atoms with Crippen LogP contribution in [-0.4, -0.2) is 19.9 Å². The second-order valence-corrected chi connectivity index (χ2v) is 4.36. The fraction of sp³-hybridized carbons (Fsp3) is 0.333. The van der Waals surface area contributed by atoms with Crippen molar-refractivity contribution in [3.8, 4) is 5.75 Å². The van der Waals surface area contributed by atoms with Gasteiger partial charge in [-0.15, -0.1) is 5.10 Å². The Morgan fingerprint density at radius 1 is 1.35 bits per heavy atom. The molecule has 5 nitrogen and oxygen atoms in total. The van der Waals surface area contributed by atoms with E-state index in [1.54, 1.807) is 6.07 Å². The van der Waals surface area contributed by atoms with Crippen LogP contribution >= 0.6 is 0 Å². The van der Waals surface area contributed by atoms with E-state index in [2.05, 4.69) is 10.1 Å². The van der Waals surface area contributed by atoms with Crippen LogP contribution in [0.2, 0.25) is 0 Å². The Morgan fingerprint density at radius 3 is 3.00 bits per heavy atom. The lowest BCUT2D eigenvalue weighted by molar-refractivity contribution is 0.401. The van der Waals surface area contributed by atoms with Crippen LogP contribution in [0, 0.1) is 0 Å². The lowest BCUT2D eigenvalue weighted by Gasteiger charge is -2.23. The third kappa shape index (κ3) is 1.73. The predicted octanol–water partition coefficient (Wildman–Crippen LogP) is 1.30. The molecule has 0 aliphatic carbocycles. The van der Waals surface area contributed by atoms with Crippen molar-refractivity contribution in [2.45, 2.75) is 25.3 Å². The molecule has 0 saturated carbocycles. The van der Waals surface area contributed by atoms with E-state index in [-0.39, 0.29) is 5.92 Å². The van der Waals surface area contributed by atoms with E-state index < -0.39 is 0 Å². The van der Waals surface area contributed by atoms with Crippen LogP contribution < -0.4 is 5.73 Å². The van der Waals surface area contributed by atoms with Crippen LogP contribution in [-0.2, 0) is 13.0 Å². The van der Waals surface area contributed by atoms with Gasteiger partial charge >= 0.3 is 0 Å². The minimum Gasteiger partial charge on any atom is -0.508 e. The molecule has 2 aromatic rings. The van der Waals surface area contributed by atoms with Crippen molar-refractivity contribution in [1.29, 1.82) is 0 Å². The van der Waals surface area contributed by atoms with Crippen LogP contribution in [0.5, 0.6) is 5.75 Å². The van der Waals surface area contributed by atoms with Gasteiger partial charge < -0.3 is 10.8 Å². The van der Waals surface area contributed by atoms with Gasteiger partial charge in [0.25, 0.3) is 0 Å². The molecule has 5 heteroatoms. The molecule has 1 aliphatic heterocycles. The van der Waals surface area contributed by atoms with Gasteiger partial charge in [-0.25, -0.2) is 4.68 Å². The molecule has 17 heavy (non-hydrogen) atoms. The molecule has 88 valence electrons. The number of nitrogen functional groups attached to an aromatic ring is 1. The van der Waals surface area contributed by atoms with E-state index in [0.29, 0.717) is 11.7 Å². The number of hydrogen-bond donors (Lipinski definition) is 2. The van der Waals surface area contributed by atoms with E-state index in [4.69, 9.17) is 5.73 Å². The minimum atomic E-state index is 0.282. The molecule has 0 fully saturated rings. The van der Waals surface area contributed by atoms with E-state index in [1.807, 2.05) is 22.9 Å². The van der Waals surface area contributed by atoms with Crippen LogP contribution in [0.4, 0.5) is 5.95 Å². The van der Waals surface area contributed by atoms with Gasteiger partial charge in [0, 0.05) is 12.3 Å². The first-order valence-electron chi connectivity index (χ1n) is 5.71. The standard InChI is InChI=1S/C12H14N4O/c13-12-14-11-6-5-8(7-16(11)15-12)9-3-1-2-4-10(9)17/h1-4,8,17H,5-7H2,(H2,13,15). The first-order chi connectivity index (χ1) is 8.24. The zero-order valence-electron chi connectivity index (χ0n) is 9.37.